The molecule has 4 rings (SSSR count). The number of ketones is 1. The van der Waals surface area contributed by atoms with Crippen LogP contribution in [0.1, 0.15) is 33.9 Å². The zero-order valence-electron chi connectivity index (χ0n) is 21.3. The van der Waals surface area contributed by atoms with Crippen molar-refractivity contribution < 1.29 is 19.1 Å². The Bertz CT molecular complexity index is 1540. The third-order valence-electron chi connectivity index (χ3n) is 6.39. The van der Waals surface area contributed by atoms with E-state index in [1.54, 1.807) is 48.3 Å². The van der Waals surface area contributed by atoms with Gasteiger partial charge >= 0.3 is 0 Å². The molecule has 192 valence electrons. The van der Waals surface area contributed by atoms with E-state index >= 15 is 0 Å². The van der Waals surface area contributed by atoms with Gasteiger partial charge in [0.05, 0.1) is 30.4 Å². The highest BCUT2D eigenvalue weighted by Gasteiger charge is 2.28. The lowest BCUT2D eigenvalue weighted by atomic mass is 10.1. The molecule has 0 atom stereocenters. The fourth-order valence-electron chi connectivity index (χ4n) is 4.42. The van der Waals surface area contributed by atoms with Crippen LogP contribution in [-0.2, 0) is 11.3 Å². The second kappa shape index (κ2) is 11.0. The van der Waals surface area contributed by atoms with Crippen molar-refractivity contribution in [3.8, 4) is 5.75 Å². The molecule has 2 heterocycles. The Labute approximate surface area is 218 Å². The van der Waals surface area contributed by atoms with Gasteiger partial charge in [-0.3, -0.25) is 23.7 Å². The average molecular weight is 520 g/mol. The lowest BCUT2D eigenvalue weighted by Gasteiger charge is -2.23. The van der Waals surface area contributed by atoms with Crippen LogP contribution >= 0.6 is 11.3 Å². The number of para-hydroxylation sites is 1. The largest absolute Gasteiger partial charge is 0.494 e. The number of pyridine rings is 1. The number of hydrogen-bond acceptors (Lipinski definition) is 6. The Kier molecular flexibility index (Phi) is 7.73. The number of fused-ring (bicyclic) bond motifs is 3. The summed E-state index contributed by atoms with van der Waals surface area (Å²) in [5, 5.41) is 0.987. The van der Waals surface area contributed by atoms with Crippen molar-refractivity contribution in [1.82, 2.24) is 14.4 Å². The summed E-state index contributed by atoms with van der Waals surface area (Å²) in [6.07, 6.45) is 0. The van der Waals surface area contributed by atoms with Gasteiger partial charge in [0.15, 0.2) is 11.5 Å². The maximum absolute atomic E-state index is 13.8. The lowest BCUT2D eigenvalue weighted by molar-refractivity contribution is -0.131. The van der Waals surface area contributed by atoms with Gasteiger partial charge in [-0.05, 0) is 19.9 Å². The van der Waals surface area contributed by atoms with E-state index in [0.29, 0.717) is 28.9 Å². The van der Waals surface area contributed by atoms with Crippen LogP contribution in [0.15, 0.2) is 59.4 Å². The molecule has 0 aliphatic rings. The number of likely N-dealkylation sites (N-methyl/N-ethyl adjacent to an activating group) is 2. The molecule has 0 bridgehead atoms. The highest BCUT2D eigenvalue weighted by Crippen LogP contribution is 2.40. The second-order valence-corrected chi connectivity index (χ2v) is 9.61. The van der Waals surface area contributed by atoms with E-state index in [4.69, 9.17) is 4.74 Å². The van der Waals surface area contributed by atoms with Gasteiger partial charge in [-0.1, -0.05) is 48.5 Å². The molecule has 0 fully saturated rings. The summed E-state index contributed by atoms with van der Waals surface area (Å²) in [4.78, 5) is 56.1. The number of carbonyl (C=O) groups excluding carboxylic acids is 3. The van der Waals surface area contributed by atoms with Gasteiger partial charge < -0.3 is 14.5 Å². The van der Waals surface area contributed by atoms with Crippen LogP contribution in [0.5, 0.6) is 5.75 Å². The lowest BCUT2D eigenvalue weighted by Crippen LogP contribution is -2.40. The van der Waals surface area contributed by atoms with Crippen LogP contribution in [0, 0.1) is 0 Å². The number of aromatic nitrogens is 1. The van der Waals surface area contributed by atoms with E-state index in [9.17, 15) is 19.2 Å². The Morgan fingerprint density at radius 1 is 0.973 bits per heavy atom. The van der Waals surface area contributed by atoms with Gasteiger partial charge in [0.25, 0.3) is 11.5 Å². The molecule has 0 spiro atoms. The zero-order valence-corrected chi connectivity index (χ0v) is 22.1. The highest BCUT2D eigenvalue weighted by molar-refractivity contribution is 7.22. The summed E-state index contributed by atoms with van der Waals surface area (Å²) in [5.41, 5.74) is 0.690. The van der Waals surface area contributed by atoms with Gasteiger partial charge in [-0.2, -0.15) is 0 Å². The first kappa shape index (κ1) is 26.1. The van der Waals surface area contributed by atoms with E-state index in [-0.39, 0.29) is 40.8 Å². The molecular formula is C28H29N3O5S. The van der Waals surface area contributed by atoms with Crippen molar-refractivity contribution in [3.63, 3.8) is 0 Å². The molecule has 0 aliphatic carbocycles. The number of nitrogens with zero attached hydrogens (tertiary/aromatic N) is 3. The molecule has 4 aromatic rings. The smallest absolute Gasteiger partial charge is 0.268 e. The SMILES string of the molecule is CCN(CC)C(=O)CN(C)C(=O)c1sc2c(c1OC)c(=O)n(CC(=O)c1ccccc1)c1ccccc21. The van der Waals surface area contributed by atoms with Gasteiger partial charge in [-0.25, -0.2) is 0 Å². The molecule has 0 radical (unpaired) electrons. The Balaban J connectivity index is 1.83. The fourth-order valence-corrected chi connectivity index (χ4v) is 5.71. The van der Waals surface area contributed by atoms with Crippen molar-refractivity contribution in [2.75, 3.05) is 33.8 Å². The van der Waals surface area contributed by atoms with Gasteiger partial charge in [0.1, 0.15) is 10.3 Å². The van der Waals surface area contributed by atoms with E-state index in [1.165, 1.54) is 16.6 Å². The van der Waals surface area contributed by atoms with Crippen LogP contribution in [-0.4, -0.2) is 65.8 Å². The molecule has 37 heavy (non-hydrogen) atoms. The maximum Gasteiger partial charge on any atom is 0.268 e. The zero-order chi connectivity index (χ0) is 26.7. The van der Waals surface area contributed by atoms with Crippen molar-refractivity contribution in [3.05, 3.63) is 75.4 Å². The number of carbonyl (C=O) groups is 3. The van der Waals surface area contributed by atoms with Crippen LogP contribution in [0.3, 0.4) is 0 Å². The Morgan fingerprint density at radius 2 is 1.62 bits per heavy atom. The predicted molar refractivity (Wildman–Crippen MR) is 146 cm³/mol. The second-order valence-electron chi connectivity index (χ2n) is 8.59. The fraction of sp³-hybridized carbons (Fsp3) is 0.286. The summed E-state index contributed by atoms with van der Waals surface area (Å²) in [6, 6.07) is 16.1. The molecule has 2 aromatic carbocycles. The third-order valence-corrected chi connectivity index (χ3v) is 7.59. The van der Waals surface area contributed by atoms with E-state index in [1.807, 2.05) is 32.0 Å². The Hall–Kier alpha value is -3.98. The number of ether oxygens (including phenoxy) is 1. The summed E-state index contributed by atoms with van der Waals surface area (Å²) in [7, 11) is 2.97. The van der Waals surface area contributed by atoms with E-state index in [2.05, 4.69) is 0 Å². The van der Waals surface area contributed by atoms with E-state index < -0.39 is 11.5 Å². The molecule has 2 aromatic heterocycles. The number of hydrogen-bond donors (Lipinski definition) is 0. The molecule has 9 heteroatoms. The van der Waals surface area contributed by atoms with Gasteiger partial charge in [-0.15, -0.1) is 11.3 Å². The number of Topliss-reactive ketones (excluding diaryl/α,β-unsaturated/α-hetero) is 1. The Morgan fingerprint density at radius 3 is 2.27 bits per heavy atom. The minimum atomic E-state index is -0.410. The number of amides is 2. The average Bonchev–Trinajstić information content (AvgIpc) is 3.31. The minimum absolute atomic E-state index is 0.0888. The first-order chi connectivity index (χ1) is 17.8. The molecule has 0 N–H and O–H groups in total. The predicted octanol–water partition coefficient (Wildman–Crippen LogP) is 4.05. The summed E-state index contributed by atoms with van der Waals surface area (Å²) in [6.45, 7) is 4.63. The molecular weight excluding hydrogens is 490 g/mol. The molecule has 0 unspecified atom stereocenters. The van der Waals surface area contributed by atoms with Crippen LogP contribution < -0.4 is 10.3 Å². The summed E-state index contributed by atoms with van der Waals surface area (Å²) in [5.74, 6) is -0.613. The van der Waals surface area contributed by atoms with Gasteiger partial charge in [0, 0.05) is 31.1 Å². The number of methoxy groups -OCH3 is 1. The van der Waals surface area contributed by atoms with Crippen molar-refractivity contribution in [2.45, 2.75) is 20.4 Å². The molecule has 0 aliphatic heterocycles. The van der Waals surface area contributed by atoms with Gasteiger partial charge in [0.2, 0.25) is 5.91 Å². The van der Waals surface area contributed by atoms with Crippen LogP contribution in [0.4, 0.5) is 0 Å². The first-order valence-electron chi connectivity index (χ1n) is 12.1. The van der Waals surface area contributed by atoms with Crippen molar-refractivity contribution in [1.29, 1.82) is 0 Å². The normalized spacial score (nSPS) is 11.0. The number of rotatable bonds is 9. The minimum Gasteiger partial charge on any atom is -0.494 e. The topological polar surface area (TPSA) is 88.9 Å². The molecule has 0 saturated heterocycles. The molecule has 0 saturated carbocycles. The monoisotopic (exact) mass is 519 g/mol. The van der Waals surface area contributed by atoms with Crippen LogP contribution in [0.2, 0.25) is 0 Å². The van der Waals surface area contributed by atoms with E-state index in [0.717, 1.165) is 16.7 Å². The molecule has 2 amide bonds. The quantitative estimate of drug-likeness (QED) is 0.311. The maximum atomic E-state index is 13.8. The summed E-state index contributed by atoms with van der Waals surface area (Å²) < 4.78 is 7.65. The number of thiophene rings is 1. The number of benzene rings is 2. The van der Waals surface area contributed by atoms with Crippen molar-refractivity contribution in [2.24, 2.45) is 0 Å². The summed E-state index contributed by atoms with van der Waals surface area (Å²) >= 11 is 1.16. The highest BCUT2D eigenvalue weighted by atomic mass is 32.1. The standard InChI is InChI=1S/C28H29N3O5S/c1-5-30(6-2)22(33)17-29(3)28(35)26-24(36-4)23-25(37-26)19-14-10-11-15-20(19)31(27(23)34)16-21(32)18-12-8-7-9-13-18/h7-15H,5-6,16-17H2,1-4H3. The molecule has 8 nitrogen and oxygen atoms in total. The van der Waals surface area contributed by atoms with Crippen LogP contribution in [0.25, 0.3) is 21.0 Å². The van der Waals surface area contributed by atoms with Crippen molar-refractivity contribution >= 4 is 49.9 Å². The third kappa shape index (κ3) is 4.86. The first-order valence-corrected chi connectivity index (χ1v) is 12.9.